The summed E-state index contributed by atoms with van der Waals surface area (Å²) in [4.78, 5) is 36.6. The van der Waals surface area contributed by atoms with E-state index in [2.05, 4.69) is 0 Å². The van der Waals surface area contributed by atoms with Crippen molar-refractivity contribution in [3.63, 3.8) is 0 Å². The van der Waals surface area contributed by atoms with Crippen LogP contribution in [0.2, 0.25) is 5.02 Å². The molecular formula is C16H15ClFNO5S. The van der Waals surface area contributed by atoms with E-state index in [1.54, 1.807) is 6.92 Å². The number of esters is 2. The number of benzene rings is 1. The van der Waals surface area contributed by atoms with E-state index < -0.39 is 17.8 Å². The maximum absolute atomic E-state index is 13.7. The molecule has 9 heteroatoms. The molecule has 0 bridgehead atoms. The Morgan fingerprint density at radius 1 is 1.40 bits per heavy atom. The minimum Gasteiger partial charge on any atom is -0.463 e. The summed E-state index contributed by atoms with van der Waals surface area (Å²) in [6.07, 6.45) is 1.22. The van der Waals surface area contributed by atoms with Gasteiger partial charge in [0.15, 0.2) is 0 Å². The second-order valence-corrected chi connectivity index (χ2v) is 6.20. The monoisotopic (exact) mass is 387 g/mol. The lowest BCUT2D eigenvalue weighted by atomic mass is 10.2. The van der Waals surface area contributed by atoms with E-state index in [1.807, 2.05) is 0 Å². The fourth-order valence-electron chi connectivity index (χ4n) is 2.05. The van der Waals surface area contributed by atoms with Crippen molar-refractivity contribution < 1.29 is 28.2 Å². The maximum Gasteiger partial charge on any atom is 0.342 e. The Morgan fingerprint density at radius 3 is 2.84 bits per heavy atom. The van der Waals surface area contributed by atoms with Crippen molar-refractivity contribution in [2.45, 2.75) is 6.92 Å². The van der Waals surface area contributed by atoms with Gasteiger partial charge in [0.05, 0.1) is 35.0 Å². The first-order chi connectivity index (χ1) is 11.9. The molecule has 0 unspecified atom stereocenters. The Morgan fingerprint density at radius 2 is 2.16 bits per heavy atom. The van der Waals surface area contributed by atoms with Gasteiger partial charge in [-0.3, -0.25) is 4.79 Å². The molecule has 2 rings (SSSR count). The summed E-state index contributed by atoms with van der Waals surface area (Å²) in [6, 6.07) is 3.85. The summed E-state index contributed by atoms with van der Waals surface area (Å²) in [5.41, 5.74) is -0.353. The lowest BCUT2D eigenvalue weighted by molar-refractivity contribution is -0.137. The molecule has 1 saturated heterocycles. The number of thioether (sulfide) groups is 1. The van der Waals surface area contributed by atoms with E-state index >= 15 is 0 Å². The Kier molecular flexibility index (Phi) is 6.83. The van der Waals surface area contributed by atoms with E-state index in [1.165, 1.54) is 34.9 Å². The minimum atomic E-state index is -0.918. The molecule has 0 radical (unpaired) electrons. The zero-order valence-corrected chi connectivity index (χ0v) is 14.9. The van der Waals surface area contributed by atoms with Crippen molar-refractivity contribution in [2.24, 2.45) is 0 Å². The number of halogens is 2. The van der Waals surface area contributed by atoms with Crippen LogP contribution in [0.3, 0.4) is 0 Å². The van der Waals surface area contributed by atoms with Crippen molar-refractivity contribution in [3.8, 4) is 0 Å². The van der Waals surface area contributed by atoms with Crippen LogP contribution in [0, 0.1) is 5.82 Å². The maximum atomic E-state index is 13.7. The summed E-state index contributed by atoms with van der Waals surface area (Å²) < 4.78 is 23.5. The summed E-state index contributed by atoms with van der Waals surface area (Å²) in [5, 5.41) is 0.365. The molecule has 1 aromatic rings. The van der Waals surface area contributed by atoms with Gasteiger partial charge >= 0.3 is 11.9 Å². The van der Waals surface area contributed by atoms with Crippen LogP contribution in [0.4, 0.5) is 4.39 Å². The number of amides is 1. The molecule has 1 fully saturated rings. The summed E-state index contributed by atoms with van der Waals surface area (Å²) in [7, 11) is 0. The first-order valence-corrected chi connectivity index (χ1v) is 8.73. The molecule has 134 valence electrons. The SMILES string of the molecule is CCOC(=O)/C=C1\SCC(=O)N1CCOC(=O)c1c(F)cccc1Cl. The topological polar surface area (TPSA) is 72.9 Å². The van der Waals surface area contributed by atoms with Crippen molar-refractivity contribution in [2.75, 3.05) is 25.5 Å². The van der Waals surface area contributed by atoms with Gasteiger partial charge in [-0.05, 0) is 19.1 Å². The van der Waals surface area contributed by atoms with Crippen LogP contribution < -0.4 is 0 Å². The van der Waals surface area contributed by atoms with E-state index in [0.717, 1.165) is 6.07 Å². The Balaban J connectivity index is 1.96. The van der Waals surface area contributed by atoms with Crippen LogP contribution in [-0.2, 0) is 19.1 Å². The standard InChI is InChI=1S/C16H15ClFNO5S/c1-2-23-14(21)8-13-19(12(20)9-25-13)6-7-24-16(22)15-10(17)4-3-5-11(15)18/h3-5,8H,2,6-7,9H2,1H3/b13-8-. The van der Waals surface area contributed by atoms with Gasteiger partial charge in [0.2, 0.25) is 5.91 Å². The predicted molar refractivity (Wildman–Crippen MR) is 90.6 cm³/mol. The number of ether oxygens (including phenoxy) is 2. The van der Waals surface area contributed by atoms with Gasteiger partial charge in [0.25, 0.3) is 0 Å². The molecule has 0 atom stereocenters. The van der Waals surface area contributed by atoms with Crippen molar-refractivity contribution in [3.05, 3.63) is 45.7 Å². The molecule has 25 heavy (non-hydrogen) atoms. The Bertz CT molecular complexity index is 704. The first kappa shape index (κ1) is 19.3. The third-order valence-corrected chi connectivity index (χ3v) is 4.49. The van der Waals surface area contributed by atoms with Crippen LogP contribution in [0.5, 0.6) is 0 Å². The number of hydrogen-bond acceptors (Lipinski definition) is 6. The van der Waals surface area contributed by atoms with Crippen molar-refractivity contribution in [1.29, 1.82) is 0 Å². The summed E-state index contributed by atoms with van der Waals surface area (Å²) >= 11 is 6.98. The van der Waals surface area contributed by atoms with Gasteiger partial charge in [-0.2, -0.15) is 0 Å². The molecule has 1 aliphatic heterocycles. The molecule has 6 nitrogen and oxygen atoms in total. The lowest BCUT2D eigenvalue weighted by Crippen LogP contribution is -2.29. The molecule has 0 spiro atoms. The van der Waals surface area contributed by atoms with E-state index in [4.69, 9.17) is 21.1 Å². The van der Waals surface area contributed by atoms with E-state index in [-0.39, 0.29) is 42.0 Å². The van der Waals surface area contributed by atoms with E-state index in [0.29, 0.717) is 5.03 Å². The normalized spacial score (nSPS) is 15.6. The highest BCUT2D eigenvalue weighted by Crippen LogP contribution is 2.28. The average Bonchev–Trinajstić information content (AvgIpc) is 2.88. The number of hydrogen-bond donors (Lipinski definition) is 0. The molecule has 1 aromatic carbocycles. The highest BCUT2D eigenvalue weighted by Gasteiger charge is 2.28. The molecule has 1 aliphatic rings. The second kappa shape index (κ2) is 8.87. The van der Waals surface area contributed by atoms with Crippen LogP contribution in [0.15, 0.2) is 29.3 Å². The number of carbonyl (C=O) groups excluding carboxylic acids is 3. The average molecular weight is 388 g/mol. The van der Waals surface area contributed by atoms with E-state index in [9.17, 15) is 18.8 Å². The summed E-state index contributed by atoms with van der Waals surface area (Å²) in [5.74, 6) is -2.30. The largest absolute Gasteiger partial charge is 0.463 e. The molecule has 0 saturated carbocycles. The van der Waals surface area contributed by atoms with Crippen LogP contribution in [0.25, 0.3) is 0 Å². The third kappa shape index (κ3) is 4.96. The lowest BCUT2D eigenvalue weighted by Gasteiger charge is -2.17. The molecule has 1 amide bonds. The highest BCUT2D eigenvalue weighted by molar-refractivity contribution is 8.04. The number of carbonyl (C=O) groups is 3. The third-order valence-electron chi connectivity index (χ3n) is 3.15. The fourth-order valence-corrected chi connectivity index (χ4v) is 3.24. The molecular weight excluding hydrogens is 373 g/mol. The Labute approximate surface area is 152 Å². The van der Waals surface area contributed by atoms with Crippen LogP contribution >= 0.6 is 23.4 Å². The number of nitrogens with zero attached hydrogens (tertiary/aromatic N) is 1. The van der Waals surface area contributed by atoms with Gasteiger partial charge in [-0.25, -0.2) is 14.0 Å². The minimum absolute atomic E-state index is 0.0366. The molecule has 0 N–H and O–H groups in total. The van der Waals surface area contributed by atoms with Gasteiger partial charge in [-0.15, -0.1) is 0 Å². The zero-order valence-electron chi connectivity index (χ0n) is 13.3. The molecule has 1 heterocycles. The van der Waals surface area contributed by atoms with Crippen LogP contribution in [0.1, 0.15) is 17.3 Å². The predicted octanol–water partition coefficient (Wildman–Crippen LogP) is 2.62. The van der Waals surface area contributed by atoms with Crippen molar-refractivity contribution >= 4 is 41.2 Å². The second-order valence-electron chi connectivity index (χ2n) is 4.80. The quantitative estimate of drug-likeness (QED) is 0.552. The molecule has 0 aromatic heterocycles. The number of rotatable bonds is 6. The van der Waals surface area contributed by atoms with Crippen molar-refractivity contribution in [1.82, 2.24) is 4.90 Å². The fraction of sp³-hybridized carbons (Fsp3) is 0.312. The molecule has 0 aliphatic carbocycles. The van der Waals surface area contributed by atoms with Gasteiger partial charge in [0.1, 0.15) is 18.0 Å². The first-order valence-electron chi connectivity index (χ1n) is 7.36. The van der Waals surface area contributed by atoms with Gasteiger partial charge in [0, 0.05) is 0 Å². The van der Waals surface area contributed by atoms with Gasteiger partial charge in [-0.1, -0.05) is 29.4 Å². The zero-order chi connectivity index (χ0) is 18.4. The van der Waals surface area contributed by atoms with Gasteiger partial charge < -0.3 is 14.4 Å². The smallest absolute Gasteiger partial charge is 0.342 e. The highest BCUT2D eigenvalue weighted by atomic mass is 35.5. The Hall–Kier alpha value is -2.06. The van der Waals surface area contributed by atoms with Crippen LogP contribution in [-0.4, -0.2) is 48.3 Å². The summed E-state index contributed by atoms with van der Waals surface area (Å²) in [6.45, 7) is 1.77.